The number of carbonyl (C=O) groups excluding carboxylic acids is 2. The van der Waals surface area contributed by atoms with Crippen LogP contribution in [0.4, 0.5) is 0 Å². The van der Waals surface area contributed by atoms with Crippen molar-refractivity contribution in [3.05, 3.63) is 71.4 Å². The Morgan fingerprint density at radius 1 is 1.21 bits per heavy atom. The molecule has 2 heterocycles. The summed E-state index contributed by atoms with van der Waals surface area (Å²) in [5.41, 5.74) is 1.12. The van der Waals surface area contributed by atoms with Crippen molar-refractivity contribution >= 4 is 11.7 Å². The van der Waals surface area contributed by atoms with Gasteiger partial charge in [0.1, 0.15) is 11.8 Å². The number of benzene rings is 1. The predicted octanol–water partition coefficient (Wildman–Crippen LogP) is 3.60. The van der Waals surface area contributed by atoms with Crippen LogP contribution in [0.2, 0.25) is 0 Å². The van der Waals surface area contributed by atoms with E-state index >= 15 is 0 Å². The number of rotatable bonds is 9. The number of Topliss-reactive ketones (excluding diaryl/α,β-unsaturated/α-hetero) is 1. The van der Waals surface area contributed by atoms with Gasteiger partial charge in [-0.05, 0) is 38.0 Å². The zero-order valence-corrected chi connectivity index (χ0v) is 16.1. The van der Waals surface area contributed by atoms with Gasteiger partial charge in [0.2, 0.25) is 0 Å². The minimum atomic E-state index is -0.735. The van der Waals surface area contributed by atoms with Gasteiger partial charge < -0.3 is 19.2 Å². The number of aliphatic hydroxyl groups excluding tert-OH is 1. The second-order valence-corrected chi connectivity index (χ2v) is 7.01. The minimum absolute atomic E-state index is 0.0216. The molecule has 1 unspecified atom stereocenters. The Hall–Kier alpha value is -2.86. The third-order valence-corrected chi connectivity index (χ3v) is 4.68. The minimum Gasteiger partial charge on any atom is -0.503 e. The van der Waals surface area contributed by atoms with Crippen LogP contribution in [-0.4, -0.2) is 41.0 Å². The fourth-order valence-electron chi connectivity index (χ4n) is 3.34. The first-order valence-electron chi connectivity index (χ1n) is 9.45. The second kappa shape index (κ2) is 8.89. The fraction of sp³-hybridized carbons (Fsp3) is 0.364. The molecule has 1 amide bonds. The molecule has 1 atom stereocenters. The van der Waals surface area contributed by atoms with Crippen LogP contribution >= 0.6 is 0 Å². The van der Waals surface area contributed by atoms with Crippen molar-refractivity contribution in [2.45, 2.75) is 38.8 Å². The summed E-state index contributed by atoms with van der Waals surface area (Å²) >= 11 is 0. The highest BCUT2D eigenvalue weighted by atomic mass is 16.5. The average Bonchev–Trinajstić information content (AvgIpc) is 3.29. The molecule has 0 bridgehead atoms. The first-order valence-corrected chi connectivity index (χ1v) is 9.45. The standard InChI is InChI=1S/C22H25NO5/c1-15(2)27-14-12-23-20(18-9-6-13-28-18)19(21(25)22(23)26)17(24)11-10-16-7-4-3-5-8-16/h3-9,13,15,20,25H,10-12,14H2,1-2H3. The number of hydrogen-bond acceptors (Lipinski definition) is 5. The van der Waals surface area contributed by atoms with Crippen LogP contribution in [0, 0.1) is 0 Å². The van der Waals surface area contributed by atoms with Gasteiger partial charge in [-0.1, -0.05) is 30.3 Å². The van der Waals surface area contributed by atoms with E-state index in [-0.39, 0.29) is 30.4 Å². The predicted molar refractivity (Wildman–Crippen MR) is 104 cm³/mol. The molecule has 0 fully saturated rings. The van der Waals surface area contributed by atoms with E-state index in [9.17, 15) is 14.7 Å². The molecule has 2 aromatic rings. The number of hydrogen-bond donors (Lipinski definition) is 1. The van der Waals surface area contributed by atoms with Gasteiger partial charge in [0.25, 0.3) is 5.91 Å². The molecule has 1 aliphatic heterocycles. The van der Waals surface area contributed by atoms with E-state index in [0.29, 0.717) is 18.8 Å². The molecular weight excluding hydrogens is 358 g/mol. The smallest absolute Gasteiger partial charge is 0.290 e. The lowest BCUT2D eigenvalue weighted by Gasteiger charge is -2.25. The van der Waals surface area contributed by atoms with Crippen molar-refractivity contribution in [2.24, 2.45) is 0 Å². The van der Waals surface area contributed by atoms with Gasteiger partial charge in [0, 0.05) is 13.0 Å². The van der Waals surface area contributed by atoms with Gasteiger partial charge in [-0.15, -0.1) is 0 Å². The highest BCUT2D eigenvalue weighted by molar-refractivity contribution is 6.08. The normalized spacial score (nSPS) is 17.0. The highest BCUT2D eigenvalue weighted by Gasteiger charge is 2.44. The lowest BCUT2D eigenvalue weighted by atomic mass is 9.96. The summed E-state index contributed by atoms with van der Waals surface area (Å²) in [5, 5.41) is 10.5. The molecule has 6 nitrogen and oxygen atoms in total. The van der Waals surface area contributed by atoms with Gasteiger partial charge in [0.15, 0.2) is 11.5 Å². The molecule has 28 heavy (non-hydrogen) atoms. The molecule has 6 heteroatoms. The third kappa shape index (κ3) is 4.34. The Morgan fingerprint density at radius 3 is 2.61 bits per heavy atom. The van der Waals surface area contributed by atoms with E-state index < -0.39 is 17.7 Å². The van der Waals surface area contributed by atoms with Crippen molar-refractivity contribution in [1.82, 2.24) is 4.90 Å². The molecule has 1 N–H and O–H groups in total. The fourth-order valence-corrected chi connectivity index (χ4v) is 3.34. The maximum absolute atomic E-state index is 12.9. The summed E-state index contributed by atoms with van der Waals surface area (Å²) in [5.74, 6) is -0.880. The Bertz CT molecular complexity index is 839. The number of furan rings is 1. The molecule has 3 rings (SSSR count). The van der Waals surface area contributed by atoms with Crippen LogP contribution in [-0.2, 0) is 20.7 Å². The van der Waals surface area contributed by atoms with Crippen LogP contribution in [0.5, 0.6) is 0 Å². The summed E-state index contributed by atoms with van der Waals surface area (Å²) in [6.07, 6.45) is 2.24. The molecule has 1 aliphatic rings. The Kier molecular flexibility index (Phi) is 6.31. The lowest BCUT2D eigenvalue weighted by molar-refractivity contribution is -0.130. The summed E-state index contributed by atoms with van der Waals surface area (Å²) in [6.45, 7) is 4.37. The molecular formula is C22H25NO5. The number of ether oxygens (including phenoxy) is 1. The Balaban J connectivity index is 1.80. The second-order valence-electron chi connectivity index (χ2n) is 7.01. The number of aryl methyl sites for hydroxylation is 1. The zero-order chi connectivity index (χ0) is 20.1. The number of amides is 1. The van der Waals surface area contributed by atoms with Crippen LogP contribution in [0.25, 0.3) is 0 Å². The van der Waals surface area contributed by atoms with E-state index in [1.807, 2.05) is 44.2 Å². The van der Waals surface area contributed by atoms with E-state index in [4.69, 9.17) is 9.15 Å². The first-order chi connectivity index (χ1) is 13.5. The number of ketones is 1. The van der Waals surface area contributed by atoms with Crippen LogP contribution < -0.4 is 0 Å². The average molecular weight is 383 g/mol. The van der Waals surface area contributed by atoms with E-state index in [0.717, 1.165) is 5.56 Å². The molecule has 0 saturated carbocycles. The van der Waals surface area contributed by atoms with Gasteiger partial charge in [-0.3, -0.25) is 9.59 Å². The topological polar surface area (TPSA) is 80.0 Å². The van der Waals surface area contributed by atoms with Crippen LogP contribution in [0.3, 0.4) is 0 Å². The Morgan fingerprint density at radius 2 is 1.96 bits per heavy atom. The monoisotopic (exact) mass is 383 g/mol. The molecule has 1 aromatic carbocycles. The van der Waals surface area contributed by atoms with Gasteiger partial charge in [-0.25, -0.2) is 0 Å². The van der Waals surface area contributed by atoms with Gasteiger partial charge >= 0.3 is 0 Å². The summed E-state index contributed by atoms with van der Waals surface area (Å²) in [7, 11) is 0. The summed E-state index contributed by atoms with van der Waals surface area (Å²) in [6, 6.07) is 12.3. The third-order valence-electron chi connectivity index (χ3n) is 4.68. The van der Waals surface area contributed by atoms with Crippen molar-refractivity contribution in [2.75, 3.05) is 13.2 Å². The summed E-state index contributed by atoms with van der Waals surface area (Å²) in [4.78, 5) is 27.0. The van der Waals surface area contributed by atoms with Crippen molar-refractivity contribution < 1.29 is 23.8 Å². The number of aliphatic hydroxyl groups is 1. The van der Waals surface area contributed by atoms with Crippen molar-refractivity contribution in [1.29, 1.82) is 0 Å². The highest BCUT2D eigenvalue weighted by Crippen LogP contribution is 2.38. The molecule has 0 spiro atoms. The molecule has 1 aromatic heterocycles. The van der Waals surface area contributed by atoms with E-state index in [1.54, 1.807) is 12.1 Å². The maximum atomic E-state index is 12.9. The maximum Gasteiger partial charge on any atom is 0.290 e. The van der Waals surface area contributed by atoms with E-state index in [1.165, 1.54) is 11.2 Å². The zero-order valence-electron chi connectivity index (χ0n) is 16.1. The van der Waals surface area contributed by atoms with E-state index in [2.05, 4.69) is 0 Å². The van der Waals surface area contributed by atoms with Gasteiger partial charge in [-0.2, -0.15) is 0 Å². The first kappa shape index (κ1) is 19.9. The number of carbonyl (C=O) groups is 2. The SMILES string of the molecule is CC(C)OCCN1C(=O)C(O)=C(C(=O)CCc2ccccc2)C1c1ccco1. The van der Waals surface area contributed by atoms with Crippen LogP contribution in [0.1, 0.15) is 37.6 Å². The molecule has 0 saturated heterocycles. The lowest BCUT2D eigenvalue weighted by Crippen LogP contribution is -2.34. The molecule has 0 aliphatic carbocycles. The summed E-state index contributed by atoms with van der Waals surface area (Å²) < 4.78 is 11.0. The molecule has 148 valence electrons. The van der Waals surface area contributed by atoms with Crippen molar-refractivity contribution in [3.8, 4) is 0 Å². The van der Waals surface area contributed by atoms with Crippen LogP contribution in [0.15, 0.2) is 64.5 Å². The number of nitrogens with zero attached hydrogens (tertiary/aromatic N) is 1. The Labute approximate surface area is 164 Å². The largest absolute Gasteiger partial charge is 0.503 e. The molecule has 0 radical (unpaired) electrons. The quantitative estimate of drug-likeness (QED) is 0.716. The van der Waals surface area contributed by atoms with Gasteiger partial charge in [0.05, 0.1) is 24.5 Å². The van der Waals surface area contributed by atoms with Crippen molar-refractivity contribution in [3.63, 3.8) is 0 Å².